The van der Waals surface area contributed by atoms with E-state index >= 15 is 0 Å². The highest BCUT2D eigenvalue weighted by Crippen LogP contribution is 1.99. The van der Waals surface area contributed by atoms with Crippen molar-refractivity contribution in [3.05, 3.63) is 0 Å². The molecule has 0 aliphatic carbocycles. The summed E-state index contributed by atoms with van der Waals surface area (Å²) in [5.74, 6) is 0. The van der Waals surface area contributed by atoms with E-state index in [0.717, 1.165) is 6.42 Å². The third-order valence-electron chi connectivity index (χ3n) is 0.911. The minimum Gasteiger partial charge on any atom is -0.326 e. The maximum Gasteiger partial charge on any atom is 0.00944 e. The smallest absolute Gasteiger partial charge is 0.00944 e. The highest BCUT2D eigenvalue weighted by atomic mass is 14.7. The molecule has 0 aliphatic heterocycles. The Bertz CT molecular complexity index is 78.7. The van der Waals surface area contributed by atoms with Crippen LogP contribution in [0.1, 0.15) is 48.0 Å². The molecule has 70 valence electrons. The van der Waals surface area contributed by atoms with Crippen LogP contribution in [0.3, 0.4) is 0 Å². The molecule has 2 nitrogen and oxygen atoms in total. The molecule has 0 fully saturated rings. The van der Waals surface area contributed by atoms with Gasteiger partial charge in [0.1, 0.15) is 0 Å². The minimum absolute atomic E-state index is 0. The average Bonchev–Trinajstić information content (AvgIpc) is 1.59. The van der Waals surface area contributed by atoms with Crippen LogP contribution in [0, 0.1) is 0 Å². The molecule has 0 saturated heterocycles. The molecule has 0 radical (unpaired) electrons. The van der Waals surface area contributed by atoms with E-state index in [1.807, 2.05) is 34.6 Å². The summed E-state index contributed by atoms with van der Waals surface area (Å²) in [6.07, 6.45) is 1.05. The molecule has 0 aromatic heterocycles. The fourth-order valence-electron chi connectivity index (χ4n) is 0. The van der Waals surface area contributed by atoms with Crippen LogP contribution in [-0.4, -0.2) is 11.1 Å². The highest BCUT2D eigenvalue weighted by molar-refractivity contribution is 4.67. The Labute approximate surface area is 71.3 Å². The fourth-order valence-corrected chi connectivity index (χ4v) is 0. The molecular formula is C9H24N2. The van der Waals surface area contributed by atoms with Crippen molar-refractivity contribution in [1.82, 2.24) is 0 Å². The molecule has 0 unspecified atom stereocenters. The Morgan fingerprint density at radius 2 is 1.00 bits per heavy atom. The molecule has 11 heavy (non-hydrogen) atoms. The normalized spacial score (nSPS) is 12.0. The minimum atomic E-state index is 0. The Morgan fingerprint density at radius 3 is 1.00 bits per heavy atom. The van der Waals surface area contributed by atoms with E-state index in [1.165, 1.54) is 0 Å². The third kappa shape index (κ3) is 73.0. The summed E-state index contributed by atoms with van der Waals surface area (Å²) in [5.41, 5.74) is 10.9. The van der Waals surface area contributed by atoms with Gasteiger partial charge in [-0.25, -0.2) is 0 Å². The summed E-state index contributed by atoms with van der Waals surface area (Å²) in [6, 6.07) is 0. The predicted octanol–water partition coefficient (Wildman–Crippen LogP) is 1.88. The molecule has 4 N–H and O–H groups in total. The van der Waals surface area contributed by atoms with E-state index in [4.69, 9.17) is 11.5 Å². The molecule has 0 spiro atoms. The van der Waals surface area contributed by atoms with Crippen molar-refractivity contribution in [3.63, 3.8) is 0 Å². The second kappa shape index (κ2) is 4.73. The van der Waals surface area contributed by atoms with Gasteiger partial charge < -0.3 is 11.5 Å². The summed E-state index contributed by atoms with van der Waals surface area (Å²) >= 11 is 0. The molecule has 0 amide bonds. The molecule has 2 heteroatoms. The molecule has 0 atom stereocenters. The Kier molecular flexibility index (Phi) is 5.81. The molecule has 0 aromatic carbocycles. The van der Waals surface area contributed by atoms with Crippen LogP contribution in [0.25, 0.3) is 0 Å². The topological polar surface area (TPSA) is 52.0 Å². The van der Waals surface area contributed by atoms with Crippen molar-refractivity contribution >= 4 is 0 Å². The van der Waals surface area contributed by atoms with Gasteiger partial charge in [-0.2, -0.15) is 0 Å². The van der Waals surface area contributed by atoms with E-state index in [0.29, 0.717) is 0 Å². The molecular weight excluding hydrogens is 136 g/mol. The van der Waals surface area contributed by atoms with Gasteiger partial charge in [0.25, 0.3) is 0 Å². The van der Waals surface area contributed by atoms with Gasteiger partial charge in [0.2, 0.25) is 0 Å². The van der Waals surface area contributed by atoms with E-state index in [2.05, 4.69) is 6.92 Å². The van der Waals surface area contributed by atoms with Crippen LogP contribution >= 0.6 is 0 Å². The number of rotatable bonds is 1. The molecule has 0 aromatic rings. The van der Waals surface area contributed by atoms with Crippen LogP contribution in [0.15, 0.2) is 0 Å². The quantitative estimate of drug-likeness (QED) is 0.615. The van der Waals surface area contributed by atoms with Gasteiger partial charge in [-0.1, -0.05) is 6.92 Å². The van der Waals surface area contributed by atoms with E-state index in [9.17, 15) is 0 Å². The van der Waals surface area contributed by atoms with Gasteiger partial charge in [0.05, 0.1) is 0 Å². The second-order valence-electron chi connectivity index (χ2n) is 4.71. The van der Waals surface area contributed by atoms with Crippen molar-refractivity contribution in [2.24, 2.45) is 11.5 Å². The molecule has 0 heterocycles. The zero-order valence-corrected chi connectivity index (χ0v) is 8.86. The lowest BCUT2D eigenvalue weighted by molar-refractivity contribution is 0.501. The lowest BCUT2D eigenvalue weighted by Crippen LogP contribution is -2.30. The zero-order valence-electron chi connectivity index (χ0n) is 8.86. The first-order valence-corrected chi connectivity index (χ1v) is 4.14. The van der Waals surface area contributed by atoms with Gasteiger partial charge in [-0.3, -0.25) is 0 Å². The third-order valence-corrected chi connectivity index (χ3v) is 0.911. The predicted molar refractivity (Wildman–Crippen MR) is 52.5 cm³/mol. The van der Waals surface area contributed by atoms with Gasteiger partial charge in [-0.05, 0) is 41.0 Å². The fraction of sp³-hybridized carbons (Fsp3) is 1.00. The van der Waals surface area contributed by atoms with Crippen LogP contribution in [0.5, 0.6) is 0 Å². The maximum absolute atomic E-state index is 5.53. The first-order chi connectivity index (χ1) is 4.56. The largest absolute Gasteiger partial charge is 0.326 e. The summed E-state index contributed by atoms with van der Waals surface area (Å²) in [5, 5.41) is 0. The van der Waals surface area contributed by atoms with Crippen molar-refractivity contribution in [1.29, 1.82) is 0 Å². The SMILES string of the molecule is CC(C)(C)N.CCC(C)(C)N. The molecule has 0 rings (SSSR count). The Balaban J connectivity index is 0. The van der Waals surface area contributed by atoms with Crippen molar-refractivity contribution in [2.75, 3.05) is 0 Å². The van der Waals surface area contributed by atoms with Crippen molar-refractivity contribution in [2.45, 2.75) is 59.0 Å². The van der Waals surface area contributed by atoms with Crippen molar-refractivity contribution in [3.8, 4) is 0 Å². The van der Waals surface area contributed by atoms with Gasteiger partial charge in [0.15, 0.2) is 0 Å². The first kappa shape index (κ1) is 13.5. The highest BCUT2D eigenvalue weighted by Gasteiger charge is 2.03. The van der Waals surface area contributed by atoms with Crippen LogP contribution < -0.4 is 11.5 Å². The summed E-state index contributed by atoms with van der Waals surface area (Å²) < 4.78 is 0. The maximum atomic E-state index is 5.53. The van der Waals surface area contributed by atoms with E-state index < -0.39 is 0 Å². The summed E-state index contributed by atoms with van der Waals surface area (Å²) in [4.78, 5) is 0. The van der Waals surface area contributed by atoms with Crippen LogP contribution in [-0.2, 0) is 0 Å². The Hall–Kier alpha value is -0.0800. The standard InChI is InChI=1S/C5H13N.C4H11N/c1-4-5(2,3)6;1-4(2,3)5/h4,6H2,1-3H3;5H2,1-3H3. The average molecular weight is 160 g/mol. The van der Waals surface area contributed by atoms with Crippen molar-refractivity contribution < 1.29 is 0 Å². The van der Waals surface area contributed by atoms with Crippen LogP contribution in [0.4, 0.5) is 0 Å². The number of hydrogen-bond donors (Lipinski definition) is 2. The first-order valence-electron chi connectivity index (χ1n) is 4.14. The molecule has 0 bridgehead atoms. The number of hydrogen-bond acceptors (Lipinski definition) is 2. The second-order valence-corrected chi connectivity index (χ2v) is 4.71. The lowest BCUT2D eigenvalue weighted by Gasteiger charge is -2.13. The van der Waals surface area contributed by atoms with Gasteiger partial charge in [-0.15, -0.1) is 0 Å². The number of nitrogens with two attached hydrogens (primary N) is 2. The monoisotopic (exact) mass is 160 g/mol. The van der Waals surface area contributed by atoms with Gasteiger partial charge >= 0.3 is 0 Å². The van der Waals surface area contributed by atoms with E-state index in [1.54, 1.807) is 0 Å². The zero-order chi connectivity index (χ0) is 9.71. The molecule has 0 aliphatic rings. The summed E-state index contributed by atoms with van der Waals surface area (Å²) in [6.45, 7) is 12.0. The van der Waals surface area contributed by atoms with Crippen LogP contribution in [0.2, 0.25) is 0 Å². The summed E-state index contributed by atoms with van der Waals surface area (Å²) in [7, 11) is 0. The van der Waals surface area contributed by atoms with Gasteiger partial charge in [0, 0.05) is 11.1 Å². The lowest BCUT2D eigenvalue weighted by atomic mass is 10.1. The molecule has 0 saturated carbocycles. The van der Waals surface area contributed by atoms with E-state index in [-0.39, 0.29) is 11.1 Å². The Morgan fingerprint density at radius 1 is 0.909 bits per heavy atom.